The van der Waals surface area contributed by atoms with Gasteiger partial charge in [-0.05, 0) is 31.7 Å². The molecule has 0 bridgehead atoms. The maximum Gasteiger partial charge on any atom is 0.127 e. The highest BCUT2D eigenvalue weighted by molar-refractivity contribution is 7.15. The number of hydrogen-bond acceptors (Lipinski definition) is 4. The van der Waals surface area contributed by atoms with Gasteiger partial charge in [0.25, 0.3) is 0 Å². The highest BCUT2D eigenvalue weighted by Gasteiger charge is 2.34. The summed E-state index contributed by atoms with van der Waals surface area (Å²) < 4.78 is 1.96. The second-order valence-corrected chi connectivity index (χ2v) is 7.60. The molecule has 0 aromatic carbocycles. The fourth-order valence-electron chi connectivity index (χ4n) is 3.11. The van der Waals surface area contributed by atoms with Gasteiger partial charge >= 0.3 is 0 Å². The van der Waals surface area contributed by atoms with Crippen molar-refractivity contribution in [2.75, 3.05) is 6.54 Å². The van der Waals surface area contributed by atoms with Gasteiger partial charge in [-0.25, -0.2) is 4.98 Å². The van der Waals surface area contributed by atoms with Crippen molar-refractivity contribution in [2.24, 2.45) is 5.41 Å². The van der Waals surface area contributed by atoms with Gasteiger partial charge in [0.2, 0.25) is 0 Å². The molecule has 2 aromatic heterocycles. The van der Waals surface area contributed by atoms with Gasteiger partial charge in [-0.1, -0.05) is 20.8 Å². The molecule has 3 rings (SSSR count). The van der Waals surface area contributed by atoms with E-state index in [-0.39, 0.29) is 0 Å². The van der Waals surface area contributed by atoms with E-state index < -0.39 is 0 Å². The molecule has 1 N–H and O–H groups in total. The van der Waals surface area contributed by atoms with Crippen LogP contribution >= 0.6 is 11.3 Å². The Morgan fingerprint density at radius 1 is 1.43 bits per heavy atom. The van der Waals surface area contributed by atoms with Crippen LogP contribution in [-0.2, 0) is 13.0 Å². The summed E-state index contributed by atoms with van der Waals surface area (Å²) in [4.78, 5) is 6.35. The van der Waals surface area contributed by atoms with Crippen LogP contribution in [0.15, 0.2) is 12.4 Å². The fourth-order valence-corrected chi connectivity index (χ4v) is 4.25. The summed E-state index contributed by atoms with van der Waals surface area (Å²) in [5.74, 6) is 0. The number of nitrogens with zero attached hydrogens (tertiary/aromatic N) is 3. The van der Waals surface area contributed by atoms with Gasteiger partial charge in [0, 0.05) is 29.2 Å². The lowest BCUT2D eigenvalue weighted by atomic mass is 9.76. The third-order valence-corrected chi connectivity index (χ3v) is 5.36. The quantitative estimate of drug-likeness (QED) is 0.937. The van der Waals surface area contributed by atoms with Crippen molar-refractivity contribution < 1.29 is 0 Å². The zero-order valence-electron chi connectivity index (χ0n) is 13.3. The summed E-state index contributed by atoms with van der Waals surface area (Å²) in [6.45, 7) is 10.9. The van der Waals surface area contributed by atoms with Crippen molar-refractivity contribution in [3.05, 3.63) is 23.0 Å². The van der Waals surface area contributed by atoms with Crippen LogP contribution in [0.5, 0.6) is 0 Å². The molecule has 0 aliphatic heterocycles. The number of rotatable bonds is 4. The van der Waals surface area contributed by atoms with Crippen molar-refractivity contribution in [1.82, 2.24) is 20.1 Å². The Balaban J connectivity index is 1.97. The van der Waals surface area contributed by atoms with Crippen LogP contribution in [0.25, 0.3) is 10.6 Å². The Morgan fingerprint density at radius 2 is 2.24 bits per heavy atom. The molecule has 2 aromatic rings. The van der Waals surface area contributed by atoms with Crippen LogP contribution < -0.4 is 5.32 Å². The van der Waals surface area contributed by atoms with E-state index in [1.54, 1.807) is 0 Å². The lowest BCUT2D eigenvalue weighted by Crippen LogP contribution is -2.32. The van der Waals surface area contributed by atoms with E-state index in [4.69, 9.17) is 4.98 Å². The molecule has 1 atom stereocenters. The van der Waals surface area contributed by atoms with E-state index in [1.165, 1.54) is 17.0 Å². The highest BCUT2D eigenvalue weighted by Crippen LogP contribution is 2.44. The van der Waals surface area contributed by atoms with Crippen LogP contribution in [0, 0.1) is 5.41 Å². The number of aromatic nitrogens is 3. The van der Waals surface area contributed by atoms with Gasteiger partial charge in [0.1, 0.15) is 5.01 Å². The fraction of sp³-hybridized carbons (Fsp3) is 0.625. The topological polar surface area (TPSA) is 42.7 Å². The normalized spacial score (nSPS) is 20.5. The first-order valence-corrected chi connectivity index (χ1v) is 8.60. The van der Waals surface area contributed by atoms with Crippen LogP contribution in [0.1, 0.15) is 50.7 Å². The van der Waals surface area contributed by atoms with E-state index in [0.29, 0.717) is 11.5 Å². The maximum absolute atomic E-state index is 4.92. The monoisotopic (exact) mass is 304 g/mol. The van der Waals surface area contributed by atoms with Gasteiger partial charge in [-0.3, -0.25) is 4.68 Å². The number of thiazole rings is 1. The first kappa shape index (κ1) is 14.7. The Kier molecular flexibility index (Phi) is 3.88. The summed E-state index contributed by atoms with van der Waals surface area (Å²) in [5, 5.41) is 9.11. The molecule has 1 unspecified atom stereocenters. The van der Waals surface area contributed by atoms with Crippen LogP contribution in [0.3, 0.4) is 0 Å². The molecule has 0 saturated heterocycles. The number of aryl methyl sites for hydroxylation is 1. The third kappa shape index (κ3) is 2.90. The largest absolute Gasteiger partial charge is 0.309 e. The molecular weight excluding hydrogens is 280 g/mol. The second-order valence-electron chi connectivity index (χ2n) is 6.57. The smallest absolute Gasteiger partial charge is 0.127 e. The Hall–Kier alpha value is -1.20. The Labute approximate surface area is 130 Å². The minimum atomic E-state index is 0.318. The predicted octanol–water partition coefficient (Wildman–Crippen LogP) is 3.65. The number of nitrogens with one attached hydrogen (secondary N) is 1. The zero-order chi connectivity index (χ0) is 15.0. The van der Waals surface area contributed by atoms with Crippen LogP contribution in [0.4, 0.5) is 0 Å². The first-order chi connectivity index (χ1) is 10.0. The maximum atomic E-state index is 4.92. The summed E-state index contributed by atoms with van der Waals surface area (Å²) in [6.07, 6.45) is 6.28. The molecule has 2 heterocycles. The summed E-state index contributed by atoms with van der Waals surface area (Å²) in [5.41, 5.74) is 2.74. The van der Waals surface area contributed by atoms with E-state index in [2.05, 4.69) is 44.3 Å². The minimum absolute atomic E-state index is 0.318. The Bertz CT molecular complexity index is 626. The molecule has 0 amide bonds. The lowest BCUT2D eigenvalue weighted by Gasteiger charge is -2.34. The van der Waals surface area contributed by atoms with Crippen LogP contribution in [-0.4, -0.2) is 21.3 Å². The summed E-state index contributed by atoms with van der Waals surface area (Å²) >= 11 is 1.83. The van der Waals surface area contributed by atoms with Gasteiger partial charge in [-0.2, -0.15) is 5.10 Å². The van der Waals surface area contributed by atoms with Crippen molar-refractivity contribution in [2.45, 2.75) is 53.1 Å². The molecule has 0 spiro atoms. The summed E-state index contributed by atoms with van der Waals surface area (Å²) in [6, 6.07) is 0.446. The number of hydrogen-bond donors (Lipinski definition) is 1. The van der Waals surface area contributed by atoms with Crippen molar-refractivity contribution in [3.63, 3.8) is 0 Å². The van der Waals surface area contributed by atoms with E-state index >= 15 is 0 Å². The van der Waals surface area contributed by atoms with Gasteiger partial charge in [-0.15, -0.1) is 11.3 Å². The molecule has 5 heteroatoms. The zero-order valence-corrected chi connectivity index (χ0v) is 14.1. The van der Waals surface area contributed by atoms with Crippen molar-refractivity contribution >= 4 is 11.3 Å². The average Bonchev–Trinajstić information content (AvgIpc) is 3.03. The predicted molar refractivity (Wildman–Crippen MR) is 87.5 cm³/mol. The van der Waals surface area contributed by atoms with Gasteiger partial charge in [0.15, 0.2) is 0 Å². The molecule has 114 valence electrons. The average molecular weight is 304 g/mol. The van der Waals surface area contributed by atoms with E-state index in [1.807, 2.05) is 22.2 Å². The third-order valence-electron chi connectivity index (χ3n) is 4.10. The summed E-state index contributed by atoms with van der Waals surface area (Å²) in [7, 11) is 0. The highest BCUT2D eigenvalue weighted by atomic mass is 32.1. The molecule has 21 heavy (non-hydrogen) atoms. The van der Waals surface area contributed by atoms with E-state index in [9.17, 15) is 0 Å². The van der Waals surface area contributed by atoms with E-state index in [0.717, 1.165) is 30.1 Å². The standard InChI is InChI=1S/C16H24N4S/c1-5-17-12-7-16(3,4)8-13-14(12)21-15(19-13)11-9-18-20(6-2)10-11/h9-10,12,17H,5-8H2,1-4H3. The lowest BCUT2D eigenvalue weighted by molar-refractivity contribution is 0.260. The SMILES string of the molecule is CCNC1CC(C)(C)Cc2nc(-c3cnn(CC)c3)sc21. The van der Waals surface area contributed by atoms with Crippen molar-refractivity contribution in [1.29, 1.82) is 0 Å². The van der Waals surface area contributed by atoms with Crippen LogP contribution in [0.2, 0.25) is 0 Å². The molecule has 1 aliphatic carbocycles. The molecule has 4 nitrogen and oxygen atoms in total. The number of fused-ring (bicyclic) bond motifs is 1. The first-order valence-electron chi connectivity index (χ1n) is 7.78. The Morgan fingerprint density at radius 3 is 2.90 bits per heavy atom. The van der Waals surface area contributed by atoms with Gasteiger partial charge in [0.05, 0.1) is 11.9 Å². The molecule has 0 fully saturated rings. The second kappa shape index (κ2) is 5.54. The molecular formula is C16H24N4S. The van der Waals surface area contributed by atoms with Crippen molar-refractivity contribution in [3.8, 4) is 10.6 Å². The molecule has 0 saturated carbocycles. The molecule has 1 aliphatic rings. The minimum Gasteiger partial charge on any atom is -0.309 e. The molecule has 0 radical (unpaired) electrons. The van der Waals surface area contributed by atoms with Gasteiger partial charge < -0.3 is 5.32 Å².